The number of rotatable bonds is 2. The summed E-state index contributed by atoms with van der Waals surface area (Å²) in [5.41, 5.74) is 7.11. The van der Waals surface area contributed by atoms with Crippen molar-refractivity contribution in [1.29, 1.82) is 0 Å². The number of benzene rings is 1. The third-order valence-electron chi connectivity index (χ3n) is 2.61. The van der Waals surface area contributed by atoms with Gasteiger partial charge in [-0.25, -0.2) is 4.39 Å². The topological polar surface area (TPSA) is 39.2 Å². The van der Waals surface area contributed by atoms with Crippen LogP contribution in [0.15, 0.2) is 33.4 Å². The molecule has 1 atom stereocenters. The first-order valence-electron chi connectivity index (χ1n) is 4.94. The molecule has 0 aliphatic heterocycles. The number of hydrogen-bond donors (Lipinski definition) is 1. The quantitative estimate of drug-likeness (QED) is 0.843. The van der Waals surface area contributed by atoms with Gasteiger partial charge in [-0.2, -0.15) is 0 Å². The Balaban J connectivity index is 2.48. The van der Waals surface area contributed by atoms with Gasteiger partial charge in [0.2, 0.25) is 0 Å². The zero-order chi connectivity index (χ0) is 12.6. The average Bonchev–Trinajstić information content (AvgIpc) is 2.69. The van der Waals surface area contributed by atoms with E-state index in [1.165, 1.54) is 18.4 Å². The number of furan rings is 1. The lowest BCUT2D eigenvalue weighted by Gasteiger charge is -2.13. The van der Waals surface area contributed by atoms with Gasteiger partial charge in [0.05, 0.1) is 17.3 Å². The second-order valence-electron chi connectivity index (χ2n) is 3.70. The molecule has 0 saturated heterocycles. The monoisotopic (exact) mass is 317 g/mol. The van der Waals surface area contributed by atoms with Crippen LogP contribution in [0, 0.1) is 12.7 Å². The van der Waals surface area contributed by atoms with Crippen LogP contribution in [-0.4, -0.2) is 0 Å². The second kappa shape index (κ2) is 4.80. The summed E-state index contributed by atoms with van der Waals surface area (Å²) < 4.78 is 19.5. The van der Waals surface area contributed by atoms with Crippen molar-refractivity contribution in [1.82, 2.24) is 0 Å². The fourth-order valence-corrected chi connectivity index (χ4v) is 2.15. The molecule has 5 heteroatoms. The van der Waals surface area contributed by atoms with Crippen LogP contribution < -0.4 is 5.73 Å². The van der Waals surface area contributed by atoms with Gasteiger partial charge in [0, 0.05) is 15.6 Å². The molecule has 2 aromatic rings. The van der Waals surface area contributed by atoms with E-state index in [9.17, 15) is 4.39 Å². The fraction of sp³-hybridized carbons (Fsp3) is 0.167. The third-order valence-corrected chi connectivity index (χ3v) is 3.81. The van der Waals surface area contributed by atoms with E-state index in [1.807, 2.05) is 0 Å². The maximum atomic E-state index is 13.8. The van der Waals surface area contributed by atoms with Gasteiger partial charge in [0.15, 0.2) is 0 Å². The van der Waals surface area contributed by atoms with E-state index in [-0.39, 0.29) is 0 Å². The summed E-state index contributed by atoms with van der Waals surface area (Å²) in [4.78, 5) is 0. The largest absolute Gasteiger partial charge is 0.469 e. The van der Waals surface area contributed by atoms with Crippen molar-refractivity contribution in [3.8, 4) is 0 Å². The Morgan fingerprint density at radius 1 is 1.41 bits per heavy atom. The number of aryl methyl sites for hydroxylation is 1. The molecule has 0 spiro atoms. The van der Waals surface area contributed by atoms with E-state index >= 15 is 0 Å². The summed E-state index contributed by atoms with van der Waals surface area (Å²) in [5, 5.41) is 0.429. The highest BCUT2D eigenvalue weighted by molar-refractivity contribution is 9.10. The van der Waals surface area contributed by atoms with Crippen molar-refractivity contribution >= 4 is 27.5 Å². The van der Waals surface area contributed by atoms with Gasteiger partial charge >= 0.3 is 0 Å². The van der Waals surface area contributed by atoms with Crippen LogP contribution >= 0.6 is 27.5 Å². The van der Waals surface area contributed by atoms with Crippen molar-refractivity contribution in [2.24, 2.45) is 5.73 Å². The van der Waals surface area contributed by atoms with Crippen LogP contribution in [0.4, 0.5) is 4.39 Å². The molecule has 1 aromatic carbocycles. The zero-order valence-corrected chi connectivity index (χ0v) is 11.3. The van der Waals surface area contributed by atoms with Crippen molar-refractivity contribution in [3.63, 3.8) is 0 Å². The molecule has 1 aromatic heterocycles. The molecule has 1 heterocycles. The van der Waals surface area contributed by atoms with Gasteiger partial charge in [0.25, 0.3) is 0 Å². The lowest BCUT2D eigenvalue weighted by Crippen LogP contribution is -2.14. The summed E-state index contributed by atoms with van der Waals surface area (Å²) in [6.07, 6.45) is 1.53. The Kier molecular flexibility index (Phi) is 3.56. The highest BCUT2D eigenvalue weighted by Gasteiger charge is 2.18. The molecule has 2 N–H and O–H groups in total. The lowest BCUT2D eigenvalue weighted by atomic mass is 10.00. The molecule has 0 saturated carbocycles. The van der Waals surface area contributed by atoms with Gasteiger partial charge < -0.3 is 10.2 Å². The lowest BCUT2D eigenvalue weighted by molar-refractivity contribution is 0.526. The summed E-state index contributed by atoms with van der Waals surface area (Å²) >= 11 is 9.10. The van der Waals surface area contributed by atoms with Crippen molar-refractivity contribution in [2.45, 2.75) is 13.0 Å². The van der Waals surface area contributed by atoms with Crippen LogP contribution in [0.5, 0.6) is 0 Å². The minimum atomic E-state index is -0.584. The van der Waals surface area contributed by atoms with Crippen molar-refractivity contribution in [3.05, 3.63) is 56.7 Å². The Morgan fingerprint density at radius 2 is 2.12 bits per heavy atom. The Hall–Kier alpha value is -0.840. The highest BCUT2D eigenvalue weighted by atomic mass is 79.9. The van der Waals surface area contributed by atoms with Crippen LogP contribution in [0.2, 0.25) is 5.02 Å². The van der Waals surface area contributed by atoms with E-state index in [4.69, 9.17) is 21.8 Å². The van der Waals surface area contributed by atoms with Crippen LogP contribution in [0.25, 0.3) is 0 Å². The average molecular weight is 319 g/mol. The first kappa shape index (κ1) is 12.6. The molecule has 0 bridgehead atoms. The maximum absolute atomic E-state index is 13.8. The Morgan fingerprint density at radius 3 is 2.71 bits per heavy atom. The van der Waals surface area contributed by atoms with Gasteiger partial charge in [-0.1, -0.05) is 11.6 Å². The first-order chi connectivity index (χ1) is 8.00. The predicted molar refractivity (Wildman–Crippen MR) is 68.6 cm³/mol. The SMILES string of the molecule is Cc1occc1C(N)c1cc(Cl)c(Br)cc1F. The first-order valence-corrected chi connectivity index (χ1v) is 6.12. The molecule has 2 nitrogen and oxygen atoms in total. The van der Waals surface area contributed by atoms with E-state index in [2.05, 4.69) is 15.9 Å². The van der Waals surface area contributed by atoms with Gasteiger partial charge in [-0.15, -0.1) is 0 Å². The molecule has 17 heavy (non-hydrogen) atoms. The number of halogens is 3. The minimum absolute atomic E-state index is 0.350. The summed E-state index contributed by atoms with van der Waals surface area (Å²) in [5.74, 6) is 0.283. The van der Waals surface area contributed by atoms with E-state index in [0.717, 1.165) is 5.56 Å². The molecule has 0 radical (unpaired) electrons. The van der Waals surface area contributed by atoms with E-state index < -0.39 is 11.9 Å². The predicted octanol–water partition coefficient (Wildman–Crippen LogP) is 4.19. The van der Waals surface area contributed by atoms with Crippen LogP contribution in [0.1, 0.15) is 22.9 Å². The van der Waals surface area contributed by atoms with Gasteiger partial charge in [0.1, 0.15) is 11.6 Å². The van der Waals surface area contributed by atoms with Crippen LogP contribution in [-0.2, 0) is 0 Å². The van der Waals surface area contributed by atoms with Crippen molar-refractivity contribution < 1.29 is 8.81 Å². The van der Waals surface area contributed by atoms with Gasteiger partial charge in [-0.05, 0) is 41.1 Å². The highest BCUT2D eigenvalue weighted by Crippen LogP contribution is 2.31. The third kappa shape index (κ3) is 2.39. The normalized spacial score (nSPS) is 12.8. The maximum Gasteiger partial charge on any atom is 0.129 e. The smallest absolute Gasteiger partial charge is 0.129 e. The molecule has 0 fully saturated rings. The molecule has 0 amide bonds. The second-order valence-corrected chi connectivity index (χ2v) is 4.96. The molecule has 1 unspecified atom stereocenters. The summed E-state index contributed by atoms with van der Waals surface area (Å²) in [6.45, 7) is 1.79. The van der Waals surface area contributed by atoms with Gasteiger partial charge in [-0.3, -0.25) is 0 Å². The molecular formula is C12H10BrClFNO. The van der Waals surface area contributed by atoms with E-state index in [1.54, 1.807) is 13.0 Å². The molecule has 0 aliphatic carbocycles. The van der Waals surface area contributed by atoms with E-state index in [0.29, 0.717) is 20.8 Å². The number of nitrogens with two attached hydrogens (primary N) is 1. The van der Waals surface area contributed by atoms with Crippen LogP contribution in [0.3, 0.4) is 0 Å². The molecule has 90 valence electrons. The number of hydrogen-bond acceptors (Lipinski definition) is 2. The molecule has 0 aliphatic rings. The van der Waals surface area contributed by atoms with Crippen molar-refractivity contribution in [2.75, 3.05) is 0 Å². The standard InChI is InChI=1S/C12H10BrClFNO/c1-6-7(2-3-17-6)12(16)8-4-10(14)9(13)5-11(8)15/h2-5,12H,16H2,1H3. The Labute approximate surface area is 112 Å². The minimum Gasteiger partial charge on any atom is -0.469 e. The zero-order valence-electron chi connectivity index (χ0n) is 9.01. The Bertz CT molecular complexity index is 555. The molecule has 2 rings (SSSR count). The molecular weight excluding hydrogens is 308 g/mol. The summed E-state index contributed by atoms with van der Waals surface area (Å²) in [7, 11) is 0. The summed E-state index contributed by atoms with van der Waals surface area (Å²) in [6, 6.07) is 3.99. The fourth-order valence-electron chi connectivity index (χ4n) is 1.66.